The molecule has 0 aliphatic carbocycles. The number of anilines is 3. The molecule has 12 nitrogen and oxygen atoms in total. The number of phenols is 1. The zero-order valence-corrected chi connectivity index (χ0v) is 24.2. The molecule has 1 aromatic carbocycles. The molecule has 0 saturated carbocycles. The summed E-state index contributed by atoms with van der Waals surface area (Å²) in [6, 6.07) is 11.0. The number of nitrogens with zero attached hydrogens (tertiary/aromatic N) is 8. The smallest absolute Gasteiger partial charge is 0.272 e. The van der Waals surface area contributed by atoms with Gasteiger partial charge in [0.15, 0.2) is 11.5 Å². The average Bonchev–Trinajstić information content (AvgIpc) is 3.12. The van der Waals surface area contributed by atoms with Gasteiger partial charge in [0.1, 0.15) is 11.6 Å². The van der Waals surface area contributed by atoms with E-state index in [2.05, 4.69) is 54.2 Å². The highest BCUT2D eigenvalue weighted by Gasteiger charge is 2.24. The quantitative estimate of drug-likeness (QED) is 0.307. The molecule has 216 valence electrons. The van der Waals surface area contributed by atoms with E-state index in [1.54, 1.807) is 29.1 Å². The summed E-state index contributed by atoms with van der Waals surface area (Å²) in [5, 5.41) is 25.7. The first-order chi connectivity index (χ1) is 20.2. The van der Waals surface area contributed by atoms with Crippen LogP contribution in [0.1, 0.15) is 40.9 Å². The number of carbonyl (C=O) groups is 1. The molecule has 12 heteroatoms. The van der Waals surface area contributed by atoms with Crippen LogP contribution < -0.4 is 20.9 Å². The number of amides is 1. The fourth-order valence-corrected chi connectivity index (χ4v) is 4.94. The predicted molar refractivity (Wildman–Crippen MR) is 161 cm³/mol. The number of phenolic OH excluding ortho intramolecular Hbond substituents is 1. The Morgan fingerprint density at radius 2 is 1.98 bits per heavy atom. The number of aromatic hydroxyl groups is 1. The van der Waals surface area contributed by atoms with E-state index >= 15 is 0 Å². The molecule has 1 amide bonds. The summed E-state index contributed by atoms with van der Waals surface area (Å²) in [7, 11) is 1.81. The number of nitrogen functional groups attached to an aromatic ring is 1. The molecular weight excluding hydrogens is 532 g/mol. The summed E-state index contributed by atoms with van der Waals surface area (Å²) >= 11 is 0. The zero-order chi connectivity index (χ0) is 29.8. The lowest BCUT2D eigenvalue weighted by Crippen LogP contribution is -2.35. The molecular formula is C30H34N10O2. The Bertz CT molecular complexity index is 1670. The number of nitrogens with one attached hydrogen (secondary N) is 1. The summed E-state index contributed by atoms with van der Waals surface area (Å²) in [5.41, 5.74) is 10.4. The molecule has 4 heterocycles. The second kappa shape index (κ2) is 12.1. The van der Waals surface area contributed by atoms with E-state index in [1.165, 1.54) is 0 Å². The van der Waals surface area contributed by atoms with Crippen molar-refractivity contribution in [2.75, 3.05) is 41.7 Å². The first kappa shape index (κ1) is 28.4. The normalized spacial score (nSPS) is 15.1. The topological polar surface area (TPSA) is 151 Å². The van der Waals surface area contributed by atoms with E-state index in [0.717, 1.165) is 35.7 Å². The summed E-state index contributed by atoms with van der Waals surface area (Å²) in [6.07, 6.45) is 2.56. The molecule has 1 aliphatic rings. The molecule has 4 aromatic rings. The van der Waals surface area contributed by atoms with Crippen LogP contribution in [0.15, 0.2) is 42.6 Å². The number of para-hydroxylation sites is 1. The maximum Gasteiger partial charge on any atom is 0.272 e. The van der Waals surface area contributed by atoms with Crippen LogP contribution in [-0.4, -0.2) is 73.2 Å². The van der Waals surface area contributed by atoms with E-state index in [4.69, 9.17) is 10.7 Å². The van der Waals surface area contributed by atoms with Crippen LogP contribution in [0.5, 0.6) is 5.75 Å². The minimum absolute atomic E-state index is 0.140. The fourth-order valence-electron chi connectivity index (χ4n) is 4.94. The second-order valence-corrected chi connectivity index (χ2v) is 10.2. The molecule has 0 radical (unpaired) electrons. The standard InChI is InChI=1S/C30H34N10O2/c1-19-12-15-39(24-18-23(35-36-29(24)31)22-8-5-6-9-25(22)41)16-17-40(19)27-11-14-32-26(34-27)10-7-13-33-30(42)28-20(2)21(3)38(4)37-28/h5-6,8-9,11,14,18-19,41H,12-13,15-17H2,1-4H3,(H2,31,36)(H,33,42)/t19-/m0/s1. The Hall–Kier alpha value is -5.18. The fraction of sp³-hybridized carbons (Fsp3) is 0.333. The first-order valence-electron chi connectivity index (χ1n) is 13.8. The van der Waals surface area contributed by atoms with Crippen molar-refractivity contribution in [3.8, 4) is 28.8 Å². The van der Waals surface area contributed by atoms with Crippen molar-refractivity contribution in [3.05, 3.63) is 65.4 Å². The SMILES string of the molecule is Cc1c(C(=O)NCC#Cc2nccc(N3CCN(c4cc(-c5ccccc5O)nnc4N)CC[C@@H]3C)n2)nn(C)c1C. The van der Waals surface area contributed by atoms with Gasteiger partial charge in [-0.3, -0.25) is 9.48 Å². The van der Waals surface area contributed by atoms with Crippen LogP contribution in [0, 0.1) is 25.7 Å². The molecule has 0 unspecified atom stereocenters. The van der Waals surface area contributed by atoms with Crippen LogP contribution in [-0.2, 0) is 7.05 Å². The summed E-state index contributed by atoms with van der Waals surface area (Å²) in [5.74, 6) is 7.29. The van der Waals surface area contributed by atoms with Gasteiger partial charge < -0.3 is 26.0 Å². The molecule has 5 rings (SSSR count). The van der Waals surface area contributed by atoms with Gasteiger partial charge >= 0.3 is 0 Å². The average molecular weight is 567 g/mol. The van der Waals surface area contributed by atoms with Gasteiger partial charge in [-0.25, -0.2) is 9.97 Å². The third kappa shape index (κ3) is 5.95. The van der Waals surface area contributed by atoms with Gasteiger partial charge in [0.2, 0.25) is 5.82 Å². The number of rotatable bonds is 5. The lowest BCUT2D eigenvalue weighted by Gasteiger charge is -2.28. The number of nitrogens with two attached hydrogens (primary N) is 1. The van der Waals surface area contributed by atoms with Gasteiger partial charge in [0.05, 0.1) is 17.9 Å². The van der Waals surface area contributed by atoms with Crippen LogP contribution in [0.3, 0.4) is 0 Å². The van der Waals surface area contributed by atoms with Gasteiger partial charge in [-0.1, -0.05) is 18.1 Å². The lowest BCUT2D eigenvalue weighted by atomic mass is 10.1. The highest BCUT2D eigenvalue weighted by Crippen LogP contribution is 2.32. The number of hydrogen-bond acceptors (Lipinski definition) is 10. The molecule has 1 fully saturated rings. The van der Waals surface area contributed by atoms with E-state index in [-0.39, 0.29) is 24.2 Å². The number of carbonyl (C=O) groups excluding carboxylic acids is 1. The van der Waals surface area contributed by atoms with Crippen molar-refractivity contribution in [1.29, 1.82) is 0 Å². The molecule has 4 N–H and O–H groups in total. The summed E-state index contributed by atoms with van der Waals surface area (Å²) in [6.45, 7) is 8.26. The summed E-state index contributed by atoms with van der Waals surface area (Å²) < 4.78 is 1.69. The maximum atomic E-state index is 12.5. The monoisotopic (exact) mass is 566 g/mol. The Morgan fingerprint density at radius 1 is 1.17 bits per heavy atom. The van der Waals surface area contributed by atoms with E-state index in [0.29, 0.717) is 41.7 Å². The zero-order valence-electron chi connectivity index (χ0n) is 24.2. The number of benzene rings is 1. The molecule has 3 aromatic heterocycles. The number of aryl methyl sites for hydroxylation is 1. The van der Waals surface area contributed by atoms with Gasteiger partial charge in [-0.05, 0) is 57.4 Å². The highest BCUT2D eigenvalue weighted by molar-refractivity contribution is 5.94. The molecule has 42 heavy (non-hydrogen) atoms. The largest absolute Gasteiger partial charge is 0.507 e. The minimum atomic E-state index is -0.263. The van der Waals surface area contributed by atoms with Crippen molar-refractivity contribution in [2.45, 2.75) is 33.2 Å². The van der Waals surface area contributed by atoms with Gasteiger partial charge in [-0.2, -0.15) is 5.10 Å². The number of hydrogen-bond donors (Lipinski definition) is 3. The van der Waals surface area contributed by atoms with E-state index < -0.39 is 0 Å². The Morgan fingerprint density at radius 3 is 2.74 bits per heavy atom. The molecule has 1 aliphatic heterocycles. The van der Waals surface area contributed by atoms with E-state index in [9.17, 15) is 9.90 Å². The van der Waals surface area contributed by atoms with Crippen LogP contribution in [0.2, 0.25) is 0 Å². The van der Waals surface area contributed by atoms with Crippen molar-refractivity contribution in [2.24, 2.45) is 7.05 Å². The Labute approximate surface area is 244 Å². The minimum Gasteiger partial charge on any atom is -0.507 e. The molecule has 1 saturated heterocycles. The highest BCUT2D eigenvalue weighted by atomic mass is 16.3. The maximum absolute atomic E-state index is 12.5. The molecule has 0 spiro atoms. The first-order valence-corrected chi connectivity index (χ1v) is 13.8. The van der Waals surface area contributed by atoms with Crippen LogP contribution in [0.25, 0.3) is 11.3 Å². The van der Waals surface area contributed by atoms with Crippen molar-refractivity contribution >= 4 is 23.2 Å². The van der Waals surface area contributed by atoms with Gasteiger partial charge in [-0.15, -0.1) is 10.2 Å². The van der Waals surface area contributed by atoms with Gasteiger partial charge in [0, 0.05) is 55.7 Å². The third-order valence-electron chi connectivity index (χ3n) is 7.60. The van der Waals surface area contributed by atoms with Crippen molar-refractivity contribution in [1.82, 2.24) is 35.3 Å². The lowest BCUT2D eigenvalue weighted by molar-refractivity contribution is 0.0952. The molecule has 1 atom stereocenters. The third-order valence-corrected chi connectivity index (χ3v) is 7.60. The van der Waals surface area contributed by atoms with Crippen LogP contribution in [0.4, 0.5) is 17.3 Å². The second-order valence-electron chi connectivity index (χ2n) is 10.2. The van der Waals surface area contributed by atoms with Crippen LogP contribution >= 0.6 is 0 Å². The molecule has 0 bridgehead atoms. The summed E-state index contributed by atoms with van der Waals surface area (Å²) in [4.78, 5) is 25.9. The van der Waals surface area contributed by atoms with E-state index in [1.807, 2.05) is 39.1 Å². The Balaban J connectivity index is 1.26. The number of aromatic nitrogens is 6. The Kier molecular flexibility index (Phi) is 8.19. The predicted octanol–water partition coefficient (Wildman–Crippen LogP) is 2.46. The van der Waals surface area contributed by atoms with Gasteiger partial charge in [0.25, 0.3) is 5.91 Å². The van der Waals surface area contributed by atoms with Crippen molar-refractivity contribution < 1.29 is 9.90 Å². The van der Waals surface area contributed by atoms with Crippen molar-refractivity contribution in [3.63, 3.8) is 0 Å².